The molecule has 2 N–H and O–H groups in total. The fraction of sp³-hybridized carbons (Fsp3) is 0.538. The van der Waals surface area contributed by atoms with Crippen molar-refractivity contribution in [1.29, 1.82) is 0 Å². The minimum Gasteiger partial charge on any atom is -0.382 e. The second kappa shape index (κ2) is 5.54. The van der Waals surface area contributed by atoms with Crippen LogP contribution in [0.1, 0.15) is 5.69 Å². The van der Waals surface area contributed by atoms with Gasteiger partial charge in [-0.15, -0.1) is 0 Å². The number of anilines is 1. The van der Waals surface area contributed by atoms with Crippen molar-refractivity contribution in [3.63, 3.8) is 0 Å². The first-order valence-corrected chi connectivity index (χ1v) is 6.67. The molecule has 1 saturated heterocycles. The molecule has 1 aliphatic heterocycles. The molecule has 2 aromatic heterocycles. The fourth-order valence-corrected chi connectivity index (χ4v) is 2.38. The molecule has 0 saturated carbocycles. The molecule has 102 valence electrons. The maximum Gasteiger partial charge on any atom is 0.110 e. The number of hydrogen-bond acceptors (Lipinski definition) is 5. The summed E-state index contributed by atoms with van der Waals surface area (Å²) in [6, 6.07) is 2.06. The third-order valence-electron chi connectivity index (χ3n) is 3.39. The van der Waals surface area contributed by atoms with Crippen LogP contribution in [-0.4, -0.2) is 59.5 Å². The van der Waals surface area contributed by atoms with Gasteiger partial charge in [-0.25, -0.2) is 4.98 Å². The SMILES string of the molecule is Cc1cc(NCCN2CCOCC2)c2[nH]ncc2n1. The molecule has 1 aliphatic rings. The highest BCUT2D eigenvalue weighted by Crippen LogP contribution is 2.20. The van der Waals surface area contributed by atoms with Gasteiger partial charge in [-0.1, -0.05) is 0 Å². The molecule has 1 fully saturated rings. The lowest BCUT2D eigenvalue weighted by Crippen LogP contribution is -2.39. The number of nitrogens with one attached hydrogen (secondary N) is 2. The minimum atomic E-state index is 0.846. The Morgan fingerprint density at radius 3 is 3.11 bits per heavy atom. The number of morpholine rings is 1. The zero-order valence-electron chi connectivity index (χ0n) is 11.1. The van der Waals surface area contributed by atoms with Crippen LogP contribution in [0.4, 0.5) is 5.69 Å². The smallest absolute Gasteiger partial charge is 0.110 e. The first-order chi connectivity index (χ1) is 9.33. The molecule has 6 nitrogen and oxygen atoms in total. The molecular weight excluding hydrogens is 242 g/mol. The zero-order chi connectivity index (χ0) is 13.1. The van der Waals surface area contributed by atoms with Crippen LogP contribution in [0.5, 0.6) is 0 Å². The Morgan fingerprint density at radius 1 is 1.42 bits per heavy atom. The normalized spacial score (nSPS) is 16.9. The van der Waals surface area contributed by atoms with Crippen molar-refractivity contribution in [2.75, 3.05) is 44.7 Å². The maximum absolute atomic E-state index is 5.34. The van der Waals surface area contributed by atoms with E-state index in [0.717, 1.165) is 61.8 Å². The number of pyridine rings is 1. The predicted molar refractivity (Wildman–Crippen MR) is 74.4 cm³/mol. The Morgan fingerprint density at radius 2 is 2.26 bits per heavy atom. The average molecular weight is 261 g/mol. The van der Waals surface area contributed by atoms with E-state index in [0.29, 0.717) is 0 Å². The maximum atomic E-state index is 5.34. The van der Waals surface area contributed by atoms with Crippen LogP contribution < -0.4 is 5.32 Å². The Hall–Kier alpha value is -1.66. The third kappa shape index (κ3) is 2.85. The number of fused-ring (bicyclic) bond motifs is 1. The topological polar surface area (TPSA) is 66.1 Å². The van der Waals surface area contributed by atoms with Crippen molar-refractivity contribution in [3.05, 3.63) is 18.0 Å². The third-order valence-corrected chi connectivity index (χ3v) is 3.39. The van der Waals surface area contributed by atoms with Crippen LogP contribution in [0.25, 0.3) is 11.0 Å². The first-order valence-electron chi connectivity index (χ1n) is 6.67. The van der Waals surface area contributed by atoms with Gasteiger partial charge in [0.2, 0.25) is 0 Å². The highest BCUT2D eigenvalue weighted by Gasteiger charge is 2.10. The van der Waals surface area contributed by atoms with E-state index < -0.39 is 0 Å². The molecule has 0 atom stereocenters. The number of rotatable bonds is 4. The van der Waals surface area contributed by atoms with E-state index in [1.165, 1.54) is 0 Å². The standard InChI is InChI=1S/C13H19N5O/c1-10-8-11(13-12(16-10)9-15-17-13)14-2-3-18-4-6-19-7-5-18/h8-9H,2-7H2,1H3,(H,14,16)(H,15,17). The van der Waals surface area contributed by atoms with Gasteiger partial charge in [-0.3, -0.25) is 10.00 Å². The molecule has 0 bridgehead atoms. The van der Waals surface area contributed by atoms with E-state index in [1.54, 1.807) is 6.20 Å². The number of aromatic amines is 1. The van der Waals surface area contributed by atoms with E-state index in [4.69, 9.17) is 4.74 Å². The highest BCUT2D eigenvalue weighted by atomic mass is 16.5. The molecule has 0 aromatic carbocycles. The van der Waals surface area contributed by atoms with E-state index in [2.05, 4.69) is 31.5 Å². The lowest BCUT2D eigenvalue weighted by Gasteiger charge is -2.26. The Balaban J connectivity index is 1.63. The second-order valence-electron chi connectivity index (χ2n) is 4.82. The predicted octanol–water partition coefficient (Wildman–Crippen LogP) is 1.01. The van der Waals surface area contributed by atoms with Crippen molar-refractivity contribution in [2.45, 2.75) is 6.92 Å². The molecule has 3 rings (SSSR count). The van der Waals surface area contributed by atoms with Crippen molar-refractivity contribution >= 4 is 16.7 Å². The lowest BCUT2D eigenvalue weighted by atomic mass is 10.2. The van der Waals surface area contributed by atoms with Crippen molar-refractivity contribution < 1.29 is 4.74 Å². The highest BCUT2D eigenvalue weighted by molar-refractivity contribution is 5.87. The van der Waals surface area contributed by atoms with Gasteiger partial charge in [-0.05, 0) is 13.0 Å². The molecule has 0 amide bonds. The van der Waals surface area contributed by atoms with Crippen molar-refractivity contribution in [3.8, 4) is 0 Å². The summed E-state index contributed by atoms with van der Waals surface area (Å²) in [7, 11) is 0. The van der Waals surface area contributed by atoms with E-state index in [9.17, 15) is 0 Å². The Labute approximate surface area is 112 Å². The van der Waals surface area contributed by atoms with Crippen LogP contribution in [0, 0.1) is 6.92 Å². The van der Waals surface area contributed by atoms with Crippen LogP contribution in [0.15, 0.2) is 12.3 Å². The monoisotopic (exact) mass is 261 g/mol. The average Bonchev–Trinajstić information content (AvgIpc) is 2.88. The summed E-state index contributed by atoms with van der Waals surface area (Å²) in [5, 5.41) is 10.5. The number of H-pyrrole nitrogens is 1. The molecule has 3 heterocycles. The van der Waals surface area contributed by atoms with Gasteiger partial charge in [0, 0.05) is 31.9 Å². The molecule has 0 radical (unpaired) electrons. The van der Waals surface area contributed by atoms with Gasteiger partial charge in [0.05, 0.1) is 25.1 Å². The second-order valence-corrected chi connectivity index (χ2v) is 4.82. The molecule has 19 heavy (non-hydrogen) atoms. The van der Waals surface area contributed by atoms with Crippen molar-refractivity contribution in [1.82, 2.24) is 20.1 Å². The molecule has 2 aromatic rings. The number of nitrogens with zero attached hydrogens (tertiary/aromatic N) is 3. The van der Waals surface area contributed by atoms with E-state index in [1.807, 2.05) is 6.92 Å². The van der Waals surface area contributed by atoms with Gasteiger partial charge < -0.3 is 10.1 Å². The summed E-state index contributed by atoms with van der Waals surface area (Å²) in [5.41, 5.74) is 3.97. The molecule has 0 unspecified atom stereocenters. The lowest BCUT2D eigenvalue weighted by molar-refractivity contribution is 0.0398. The van der Waals surface area contributed by atoms with Crippen molar-refractivity contribution in [2.24, 2.45) is 0 Å². The van der Waals surface area contributed by atoms with Gasteiger partial charge in [0.15, 0.2) is 0 Å². The summed E-state index contributed by atoms with van der Waals surface area (Å²) in [5.74, 6) is 0. The minimum absolute atomic E-state index is 0.846. The van der Waals surface area contributed by atoms with Crippen LogP contribution in [0.2, 0.25) is 0 Å². The van der Waals surface area contributed by atoms with Crippen LogP contribution >= 0.6 is 0 Å². The summed E-state index contributed by atoms with van der Waals surface area (Å²) in [6.07, 6.45) is 1.76. The Bertz CT molecular complexity index is 547. The first kappa shape index (κ1) is 12.4. The number of aryl methyl sites for hydroxylation is 1. The van der Waals surface area contributed by atoms with E-state index >= 15 is 0 Å². The molecule has 0 aliphatic carbocycles. The van der Waals surface area contributed by atoms with Crippen LogP contribution in [-0.2, 0) is 4.74 Å². The number of aromatic nitrogens is 3. The van der Waals surface area contributed by atoms with Crippen LogP contribution in [0.3, 0.4) is 0 Å². The zero-order valence-corrected chi connectivity index (χ0v) is 11.1. The van der Waals surface area contributed by atoms with Gasteiger partial charge in [0.1, 0.15) is 11.0 Å². The summed E-state index contributed by atoms with van der Waals surface area (Å²) >= 11 is 0. The number of ether oxygens (including phenoxy) is 1. The molecule has 0 spiro atoms. The van der Waals surface area contributed by atoms with Gasteiger partial charge in [0.25, 0.3) is 0 Å². The summed E-state index contributed by atoms with van der Waals surface area (Å²) in [6.45, 7) is 7.68. The fourth-order valence-electron chi connectivity index (χ4n) is 2.38. The quantitative estimate of drug-likeness (QED) is 0.860. The Kier molecular flexibility index (Phi) is 3.61. The summed E-state index contributed by atoms with van der Waals surface area (Å²) < 4.78 is 5.34. The van der Waals surface area contributed by atoms with Gasteiger partial charge >= 0.3 is 0 Å². The molecule has 6 heteroatoms. The van der Waals surface area contributed by atoms with E-state index in [-0.39, 0.29) is 0 Å². The number of hydrogen-bond donors (Lipinski definition) is 2. The largest absolute Gasteiger partial charge is 0.382 e. The summed E-state index contributed by atoms with van der Waals surface area (Å²) in [4.78, 5) is 6.84. The molecular formula is C13H19N5O. The van der Waals surface area contributed by atoms with Gasteiger partial charge in [-0.2, -0.15) is 5.10 Å².